The van der Waals surface area contributed by atoms with Crippen LogP contribution in [0.5, 0.6) is 0 Å². The molecule has 1 aromatic heterocycles. The Kier molecular flexibility index (Phi) is 4.41. The first kappa shape index (κ1) is 18.3. The van der Waals surface area contributed by atoms with Crippen molar-refractivity contribution in [2.75, 3.05) is 6.54 Å². The maximum absolute atomic E-state index is 13.2. The van der Waals surface area contributed by atoms with Crippen molar-refractivity contribution in [1.29, 1.82) is 0 Å². The lowest BCUT2D eigenvalue weighted by Crippen LogP contribution is -2.43. The Balaban J connectivity index is 1.33. The number of amides is 2. The summed E-state index contributed by atoms with van der Waals surface area (Å²) < 4.78 is 6.16. The minimum absolute atomic E-state index is 0.0430. The molecule has 1 spiro atoms. The fourth-order valence-electron chi connectivity index (χ4n) is 4.67. The highest BCUT2D eigenvalue weighted by molar-refractivity contribution is 6.31. The van der Waals surface area contributed by atoms with Crippen LogP contribution in [0.2, 0.25) is 5.02 Å². The van der Waals surface area contributed by atoms with E-state index >= 15 is 0 Å². The molecular weight excluding hydrogens is 390 g/mol. The molecule has 2 bridgehead atoms. The van der Waals surface area contributed by atoms with Gasteiger partial charge in [-0.05, 0) is 23.3 Å². The number of pyridine rings is 1. The van der Waals surface area contributed by atoms with E-state index in [2.05, 4.69) is 10.3 Å². The largest absolute Gasteiger partial charge is 0.360 e. The molecule has 7 heteroatoms. The van der Waals surface area contributed by atoms with Gasteiger partial charge in [-0.1, -0.05) is 48.0 Å². The SMILES string of the molecule is O=C(NCc1ccccc1Cl)C1C2C=CC3(CN(Cc4cccnc4)C(=O)C13)O2. The van der Waals surface area contributed by atoms with E-state index < -0.39 is 17.4 Å². The van der Waals surface area contributed by atoms with Crippen LogP contribution >= 0.6 is 11.6 Å². The molecule has 6 nitrogen and oxygen atoms in total. The lowest BCUT2D eigenvalue weighted by atomic mass is 9.77. The highest BCUT2D eigenvalue weighted by Gasteiger charge is 2.66. The van der Waals surface area contributed by atoms with Crippen molar-refractivity contribution in [3.63, 3.8) is 0 Å². The van der Waals surface area contributed by atoms with Crippen molar-refractivity contribution in [2.45, 2.75) is 24.8 Å². The molecule has 2 fully saturated rings. The Bertz CT molecular complexity index is 996. The van der Waals surface area contributed by atoms with Crippen molar-refractivity contribution in [3.05, 3.63) is 77.1 Å². The van der Waals surface area contributed by atoms with Crippen molar-refractivity contribution in [3.8, 4) is 0 Å². The van der Waals surface area contributed by atoms with Crippen molar-refractivity contribution in [1.82, 2.24) is 15.2 Å². The minimum Gasteiger partial charge on any atom is -0.360 e. The summed E-state index contributed by atoms with van der Waals surface area (Å²) in [6.07, 6.45) is 6.96. The highest BCUT2D eigenvalue weighted by atomic mass is 35.5. The Morgan fingerprint density at radius 2 is 2.17 bits per heavy atom. The zero-order valence-electron chi connectivity index (χ0n) is 15.6. The standard InChI is InChI=1S/C22H20ClN3O3/c23-16-6-2-1-5-15(16)11-25-20(27)18-17-7-8-22(29-17)13-26(21(28)19(18)22)12-14-4-3-9-24-10-14/h1-10,17-19H,11-13H2,(H,25,27). The maximum Gasteiger partial charge on any atom is 0.230 e. The molecule has 1 aromatic carbocycles. The number of fused-ring (bicyclic) bond motifs is 1. The van der Waals surface area contributed by atoms with Gasteiger partial charge in [-0.3, -0.25) is 14.6 Å². The van der Waals surface area contributed by atoms with E-state index in [1.165, 1.54) is 0 Å². The first-order valence-electron chi connectivity index (χ1n) is 9.63. The number of benzene rings is 1. The molecule has 4 atom stereocenters. The zero-order valence-corrected chi connectivity index (χ0v) is 16.4. The van der Waals surface area contributed by atoms with E-state index in [0.717, 1.165) is 11.1 Å². The molecule has 5 rings (SSSR count). The number of carbonyl (C=O) groups is 2. The molecule has 3 aliphatic heterocycles. The fourth-order valence-corrected chi connectivity index (χ4v) is 4.87. The van der Waals surface area contributed by atoms with Gasteiger partial charge in [0.15, 0.2) is 0 Å². The second-order valence-electron chi connectivity index (χ2n) is 7.76. The van der Waals surface area contributed by atoms with Gasteiger partial charge in [-0.2, -0.15) is 0 Å². The highest BCUT2D eigenvalue weighted by Crippen LogP contribution is 2.52. The summed E-state index contributed by atoms with van der Waals surface area (Å²) in [5.74, 6) is -1.25. The summed E-state index contributed by atoms with van der Waals surface area (Å²) in [5.41, 5.74) is 1.08. The van der Waals surface area contributed by atoms with Gasteiger partial charge in [0.05, 0.1) is 24.5 Å². The predicted molar refractivity (Wildman–Crippen MR) is 107 cm³/mol. The van der Waals surface area contributed by atoms with Gasteiger partial charge in [0, 0.05) is 30.5 Å². The first-order valence-corrected chi connectivity index (χ1v) is 10.0. The van der Waals surface area contributed by atoms with Gasteiger partial charge in [0.1, 0.15) is 5.60 Å². The molecule has 2 aromatic rings. The molecule has 29 heavy (non-hydrogen) atoms. The minimum atomic E-state index is -0.712. The molecule has 2 saturated heterocycles. The van der Waals surface area contributed by atoms with Gasteiger partial charge in [-0.25, -0.2) is 0 Å². The van der Waals surface area contributed by atoms with E-state index in [4.69, 9.17) is 16.3 Å². The number of likely N-dealkylation sites (tertiary alicyclic amines) is 1. The van der Waals surface area contributed by atoms with Crippen molar-refractivity contribution < 1.29 is 14.3 Å². The van der Waals surface area contributed by atoms with Gasteiger partial charge in [0.25, 0.3) is 0 Å². The second-order valence-corrected chi connectivity index (χ2v) is 8.17. The summed E-state index contributed by atoms with van der Waals surface area (Å²) in [6, 6.07) is 11.2. The Morgan fingerprint density at radius 3 is 2.97 bits per heavy atom. The second kappa shape index (κ2) is 6.97. The van der Waals surface area contributed by atoms with Crippen LogP contribution in [0.1, 0.15) is 11.1 Å². The summed E-state index contributed by atoms with van der Waals surface area (Å²) in [4.78, 5) is 32.1. The number of rotatable bonds is 5. The first-order chi connectivity index (χ1) is 14.1. The fraction of sp³-hybridized carbons (Fsp3) is 0.318. The van der Waals surface area contributed by atoms with Crippen molar-refractivity contribution >= 4 is 23.4 Å². The van der Waals surface area contributed by atoms with E-state index in [0.29, 0.717) is 24.7 Å². The van der Waals surface area contributed by atoms with Crippen LogP contribution in [-0.2, 0) is 27.4 Å². The Morgan fingerprint density at radius 1 is 1.31 bits per heavy atom. The number of halogens is 1. The molecular formula is C22H20ClN3O3. The number of ether oxygens (including phenoxy) is 1. The number of hydrogen-bond acceptors (Lipinski definition) is 4. The van der Waals surface area contributed by atoms with Crippen molar-refractivity contribution in [2.24, 2.45) is 11.8 Å². The summed E-state index contributed by atoms with van der Waals surface area (Å²) in [5, 5.41) is 3.55. The Hall–Kier alpha value is -2.70. The molecule has 3 aliphatic rings. The van der Waals surface area contributed by atoms with E-state index in [9.17, 15) is 9.59 Å². The van der Waals surface area contributed by atoms with Gasteiger partial charge < -0.3 is 15.0 Å². The third-order valence-corrected chi connectivity index (χ3v) is 6.36. The predicted octanol–water partition coefficient (Wildman–Crippen LogP) is 2.33. The van der Waals surface area contributed by atoms with Gasteiger partial charge >= 0.3 is 0 Å². The van der Waals surface area contributed by atoms with Crippen LogP contribution in [0.4, 0.5) is 0 Å². The lowest BCUT2D eigenvalue weighted by Gasteiger charge is -2.23. The average Bonchev–Trinajstić information content (AvgIpc) is 3.36. The number of hydrogen-bond donors (Lipinski definition) is 1. The normalized spacial score (nSPS) is 29.3. The van der Waals surface area contributed by atoms with Crippen LogP contribution in [0.3, 0.4) is 0 Å². The number of aromatic nitrogens is 1. The number of nitrogens with one attached hydrogen (secondary N) is 1. The van der Waals surface area contributed by atoms with Gasteiger partial charge in [0.2, 0.25) is 11.8 Å². The zero-order chi connectivity index (χ0) is 20.0. The summed E-state index contributed by atoms with van der Waals surface area (Å²) in [6.45, 7) is 1.23. The molecule has 4 heterocycles. The topological polar surface area (TPSA) is 71.5 Å². The molecule has 0 radical (unpaired) electrons. The average molecular weight is 410 g/mol. The molecule has 1 N–H and O–H groups in total. The van der Waals surface area contributed by atoms with E-state index in [-0.39, 0.29) is 17.9 Å². The number of nitrogens with zero attached hydrogens (tertiary/aromatic N) is 2. The molecule has 0 saturated carbocycles. The third-order valence-electron chi connectivity index (χ3n) is 5.99. The molecule has 2 amide bonds. The van der Waals surface area contributed by atoms with Crippen LogP contribution in [0, 0.1) is 11.8 Å². The molecule has 4 unspecified atom stereocenters. The monoisotopic (exact) mass is 409 g/mol. The van der Waals surface area contributed by atoms with Gasteiger partial charge in [-0.15, -0.1) is 0 Å². The molecule has 0 aliphatic carbocycles. The Labute approximate surface area is 173 Å². The smallest absolute Gasteiger partial charge is 0.230 e. The quantitative estimate of drug-likeness (QED) is 0.769. The third kappa shape index (κ3) is 3.03. The lowest BCUT2D eigenvalue weighted by molar-refractivity contribution is -0.137. The van der Waals surface area contributed by atoms with E-state index in [1.54, 1.807) is 23.4 Å². The summed E-state index contributed by atoms with van der Waals surface area (Å²) >= 11 is 6.18. The number of carbonyl (C=O) groups excluding carboxylic acids is 2. The van der Waals surface area contributed by atoms with E-state index in [1.807, 2.05) is 42.5 Å². The van der Waals surface area contributed by atoms with Crippen LogP contribution < -0.4 is 5.32 Å². The van der Waals surface area contributed by atoms with Crippen LogP contribution in [-0.4, -0.2) is 39.9 Å². The maximum atomic E-state index is 13.2. The molecule has 148 valence electrons. The van der Waals surface area contributed by atoms with Crippen LogP contribution in [0.15, 0.2) is 60.9 Å². The summed E-state index contributed by atoms with van der Waals surface area (Å²) in [7, 11) is 0. The van der Waals surface area contributed by atoms with Crippen LogP contribution in [0.25, 0.3) is 0 Å².